The van der Waals surface area contributed by atoms with Crippen LogP contribution >= 0.6 is 0 Å². The maximum atomic E-state index is 11.8. The number of carboxylic acids is 1. The van der Waals surface area contributed by atoms with Crippen molar-refractivity contribution in [2.45, 2.75) is 25.7 Å². The number of rotatable bonds is 7. The number of carbonyl (C=O) groups excluding carboxylic acids is 1. The quantitative estimate of drug-likeness (QED) is 0.804. The molecular formula is C16H21NO4. The van der Waals surface area contributed by atoms with Gasteiger partial charge in [-0.1, -0.05) is 24.6 Å². The van der Waals surface area contributed by atoms with E-state index in [-0.39, 0.29) is 18.4 Å². The molecule has 0 bridgehead atoms. The van der Waals surface area contributed by atoms with Gasteiger partial charge >= 0.3 is 5.97 Å². The molecule has 1 amide bonds. The third kappa shape index (κ3) is 3.97. The molecule has 0 unspecified atom stereocenters. The van der Waals surface area contributed by atoms with Crippen molar-refractivity contribution in [2.24, 2.45) is 11.8 Å². The van der Waals surface area contributed by atoms with Crippen molar-refractivity contribution in [1.82, 2.24) is 5.32 Å². The third-order valence-corrected chi connectivity index (χ3v) is 4.01. The Labute approximate surface area is 124 Å². The molecule has 0 aliphatic heterocycles. The van der Waals surface area contributed by atoms with E-state index in [1.165, 1.54) is 0 Å². The fourth-order valence-electron chi connectivity index (χ4n) is 2.42. The minimum absolute atomic E-state index is 0.0208. The van der Waals surface area contributed by atoms with Gasteiger partial charge in [0, 0.05) is 12.5 Å². The highest BCUT2D eigenvalue weighted by Crippen LogP contribution is 2.26. The SMILES string of the molecule is COc1ccccc1C[C@H](CNC(=O)C1CCC1)C(=O)O. The summed E-state index contributed by atoms with van der Waals surface area (Å²) in [5, 5.41) is 12.1. The first-order valence-corrected chi connectivity index (χ1v) is 7.24. The Morgan fingerprint density at radius 2 is 2.10 bits per heavy atom. The third-order valence-electron chi connectivity index (χ3n) is 4.01. The molecule has 0 aromatic heterocycles. The molecule has 1 aromatic carbocycles. The standard InChI is InChI=1S/C16H21NO4/c1-21-14-8-3-2-5-12(14)9-13(16(19)20)10-17-15(18)11-6-4-7-11/h2-3,5,8,11,13H,4,6-7,9-10H2,1H3,(H,17,18)(H,19,20)/t13-/m1/s1. The Bertz CT molecular complexity index is 511. The van der Waals surface area contributed by atoms with E-state index in [1.54, 1.807) is 13.2 Å². The zero-order valence-electron chi connectivity index (χ0n) is 12.2. The summed E-state index contributed by atoms with van der Waals surface area (Å²) >= 11 is 0. The highest BCUT2D eigenvalue weighted by molar-refractivity contribution is 5.80. The number of hydrogen-bond donors (Lipinski definition) is 2. The topological polar surface area (TPSA) is 75.6 Å². The fraction of sp³-hybridized carbons (Fsp3) is 0.500. The van der Waals surface area contributed by atoms with Crippen molar-refractivity contribution in [3.05, 3.63) is 29.8 Å². The molecule has 5 heteroatoms. The highest BCUT2D eigenvalue weighted by atomic mass is 16.5. The molecule has 2 N–H and O–H groups in total. The Balaban J connectivity index is 1.95. The molecule has 1 atom stereocenters. The van der Waals surface area contributed by atoms with Gasteiger partial charge in [-0.3, -0.25) is 9.59 Å². The molecule has 0 spiro atoms. The first kappa shape index (κ1) is 15.4. The minimum atomic E-state index is -0.908. The summed E-state index contributed by atoms with van der Waals surface area (Å²) in [5.74, 6) is -0.826. The molecular weight excluding hydrogens is 270 g/mol. The second kappa shape index (κ2) is 7.11. The van der Waals surface area contributed by atoms with Crippen LogP contribution in [0.25, 0.3) is 0 Å². The summed E-state index contributed by atoms with van der Waals surface area (Å²) in [4.78, 5) is 23.2. The average molecular weight is 291 g/mol. The summed E-state index contributed by atoms with van der Waals surface area (Å²) < 4.78 is 5.24. The Hall–Kier alpha value is -2.04. The second-order valence-electron chi connectivity index (χ2n) is 5.42. The van der Waals surface area contributed by atoms with Gasteiger partial charge in [0.1, 0.15) is 5.75 Å². The lowest BCUT2D eigenvalue weighted by atomic mass is 9.84. The molecule has 1 aliphatic carbocycles. The van der Waals surface area contributed by atoms with Gasteiger partial charge < -0.3 is 15.2 Å². The lowest BCUT2D eigenvalue weighted by Crippen LogP contribution is -2.39. The molecule has 1 aliphatic rings. The summed E-state index contributed by atoms with van der Waals surface area (Å²) in [5.41, 5.74) is 0.838. The van der Waals surface area contributed by atoms with Gasteiger partial charge in [0.25, 0.3) is 0 Å². The van der Waals surface area contributed by atoms with E-state index in [0.29, 0.717) is 12.2 Å². The zero-order chi connectivity index (χ0) is 15.2. The minimum Gasteiger partial charge on any atom is -0.496 e. The smallest absolute Gasteiger partial charge is 0.308 e. The maximum absolute atomic E-state index is 11.8. The van der Waals surface area contributed by atoms with Crippen LogP contribution in [0.1, 0.15) is 24.8 Å². The van der Waals surface area contributed by atoms with Crippen LogP contribution in [0.2, 0.25) is 0 Å². The number of hydrogen-bond acceptors (Lipinski definition) is 3. The molecule has 21 heavy (non-hydrogen) atoms. The number of methoxy groups -OCH3 is 1. The largest absolute Gasteiger partial charge is 0.496 e. The summed E-state index contributed by atoms with van der Waals surface area (Å²) in [6.07, 6.45) is 3.25. The van der Waals surface area contributed by atoms with Crippen molar-refractivity contribution in [3.63, 3.8) is 0 Å². The van der Waals surface area contributed by atoms with E-state index < -0.39 is 11.9 Å². The van der Waals surface area contributed by atoms with E-state index in [0.717, 1.165) is 24.8 Å². The predicted octanol–water partition coefficient (Wildman–Crippen LogP) is 1.85. The number of amides is 1. The number of carboxylic acid groups (broad SMARTS) is 1. The number of ether oxygens (including phenoxy) is 1. The first-order chi connectivity index (χ1) is 10.1. The van der Waals surface area contributed by atoms with Crippen molar-refractivity contribution < 1.29 is 19.4 Å². The lowest BCUT2D eigenvalue weighted by Gasteiger charge is -2.25. The van der Waals surface area contributed by atoms with Crippen LogP contribution in [-0.4, -0.2) is 30.6 Å². The van der Waals surface area contributed by atoms with Crippen LogP contribution in [0.15, 0.2) is 24.3 Å². The fourth-order valence-corrected chi connectivity index (χ4v) is 2.42. The molecule has 1 fully saturated rings. The van der Waals surface area contributed by atoms with E-state index in [4.69, 9.17) is 4.74 Å². The number of nitrogens with one attached hydrogen (secondary N) is 1. The first-order valence-electron chi connectivity index (χ1n) is 7.24. The Morgan fingerprint density at radius 1 is 1.38 bits per heavy atom. The van der Waals surface area contributed by atoms with Crippen LogP contribution in [0.5, 0.6) is 5.75 Å². The number of aliphatic carboxylic acids is 1. The molecule has 0 saturated heterocycles. The zero-order valence-corrected chi connectivity index (χ0v) is 12.2. The van der Waals surface area contributed by atoms with Gasteiger partial charge in [-0.15, -0.1) is 0 Å². The highest BCUT2D eigenvalue weighted by Gasteiger charge is 2.27. The predicted molar refractivity (Wildman–Crippen MR) is 78.2 cm³/mol. The average Bonchev–Trinajstić information content (AvgIpc) is 2.41. The normalized spacial score (nSPS) is 15.9. The van der Waals surface area contributed by atoms with Gasteiger partial charge in [0.15, 0.2) is 0 Å². The lowest BCUT2D eigenvalue weighted by molar-refractivity contribution is -0.141. The van der Waals surface area contributed by atoms with Crippen LogP contribution in [0.4, 0.5) is 0 Å². The number of carbonyl (C=O) groups is 2. The van der Waals surface area contributed by atoms with Crippen LogP contribution < -0.4 is 10.1 Å². The van der Waals surface area contributed by atoms with Gasteiger partial charge in [-0.25, -0.2) is 0 Å². The molecule has 1 saturated carbocycles. The van der Waals surface area contributed by atoms with E-state index in [9.17, 15) is 14.7 Å². The van der Waals surface area contributed by atoms with Crippen LogP contribution in [-0.2, 0) is 16.0 Å². The monoisotopic (exact) mass is 291 g/mol. The summed E-state index contributed by atoms with van der Waals surface area (Å²) in [6, 6.07) is 7.35. The van der Waals surface area contributed by atoms with E-state index >= 15 is 0 Å². The Morgan fingerprint density at radius 3 is 2.67 bits per heavy atom. The second-order valence-corrected chi connectivity index (χ2v) is 5.42. The van der Waals surface area contributed by atoms with Gasteiger partial charge in [-0.2, -0.15) is 0 Å². The molecule has 114 valence electrons. The molecule has 0 heterocycles. The van der Waals surface area contributed by atoms with Crippen molar-refractivity contribution >= 4 is 11.9 Å². The Kier molecular flexibility index (Phi) is 5.20. The molecule has 1 aromatic rings. The van der Waals surface area contributed by atoms with Crippen LogP contribution in [0, 0.1) is 11.8 Å². The van der Waals surface area contributed by atoms with E-state index in [1.807, 2.05) is 18.2 Å². The van der Waals surface area contributed by atoms with Gasteiger partial charge in [-0.05, 0) is 30.9 Å². The molecule has 2 rings (SSSR count). The summed E-state index contributed by atoms with van der Waals surface area (Å²) in [6.45, 7) is 0.155. The summed E-state index contributed by atoms with van der Waals surface area (Å²) in [7, 11) is 1.56. The van der Waals surface area contributed by atoms with Crippen molar-refractivity contribution in [3.8, 4) is 5.75 Å². The van der Waals surface area contributed by atoms with Crippen molar-refractivity contribution in [1.29, 1.82) is 0 Å². The van der Waals surface area contributed by atoms with Crippen molar-refractivity contribution in [2.75, 3.05) is 13.7 Å². The molecule has 0 radical (unpaired) electrons. The van der Waals surface area contributed by atoms with Gasteiger partial charge in [0.05, 0.1) is 13.0 Å². The maximum Gasteiger partial charge on any atom is 0.308 e. The van der Waals surface area contributed by atoms with E-state index in [2.05, 4.69) is 5.32 Å². The molecule has 5 nitrogen and oxygen atoms in total. The van der Waals surface area contributed by atoms with Crippen LogP contribution in [0.3, 0.4) is 0 Å². The number of para-hydroxylation sites is 1. The van der Waals surface area contributed by atoms with Gasteiger partial charge in [0.2, 0.25) is 5.91 Å². The number of benzene rings is 1.